The van der Waals surface area contributed by atoms with Crippen LogP contribution in [0.5, 0.6) is 0 Å². The van der Waals surface area contributed by atoms with E-state index in [1.807, 2.05) is 0 Å². The van der Waals surface area contributed by atoms with E-state index in [-0.39, 0.29) is 6.04 Å². The van der Waals surface area contributed by atoms with Crippen molar-refractivity contribution in [1.29, 1.82) is 0 Å². The molecular formula is C9H16N2S. The molecule has 0 fully saturated rings. The van der Waals surface area contributed by atoms with Crippen LogP contribution in [0.3, 0.4) is 0 Å². The number of nitrogens with one attached hydrogen (secondary N) is 1. The maximum absolute atomic E-state index is 5.97. The summed E-state index contributed by atoms with van der Waals surface area (Å²) in [4.78, 5) is 1.30. The van der Waals surface area contributed by atoms with E-state index in [0.29, 0.717) is 0 Å². The Morgan fingerprint density at radius 3 is 2.92 bits per heavy atom. The van der Waals surface area contributed by atoms with Gasteiger partial charge in [0, 0.05) is 11.4 Å². The molecule has 0 bridgehead atoms. The van der Waals surface area contributed by atoms with Crippen molar-refractivity contribution in [2.24, 2.45) is 5.73 Å². The maximum atomic E-state index is 5.97. The largest absolute Gasteiger partial charge is 0.322 e. The van der Waals surface area contributed by atoms with Crippen LogP contribution in [0.2, 0.25) is 0 Å². The zero-order chi connectivity index (χ0) is 8.97. The van der Waals surface area contributed by atoms with Crippen molar-refractivity contribution < 1.29 is 0 Å². The van der Waals surface area contributed by atoms with Crippen LogP contribution in [-0.4, -0.2) is 13.1 Å². The number of likely N-dealkylation sites (N-methyl/N-ethyl adjacent to an activating group) is 1. The molecule has 0 aromatic carbocycles. The molecule has 3 N–H and O–H groups in total. The minimum absolute atomic E-state index is 0.157. The fourth-order valence-electron chi connectivity index (χ4n) is 1.16. The molecule has 2 nitrogen and oxygen atoms in total. The summed E-state index contributed by atoms with van der Waals surface area (Å²) in [6, 6.07) is 2.27. The molecule has 0 radical (unpaired) electrons. The number of nitrogens with two attached hydrogens (primary N) is 1. The number of thiophene rings is 1. The van der Waals surface area contributed by atoms with E-state index in [2.05, 4.69) is 30.6 Å². The molecule has 3 heteroatoms. The topological polar surface area (TPSA) is 38.0 Å². The first-order valence-corrected chi connectivity index (χ1v) is 5.14. The number of aryl methyl sites for hydroxylation is 1. The summed E-state index contributed by atoms with van der Waals surface area (Å²) in [7, 11) is 0. The van der Waals surface area contributed by atoms with Gasteiger partial charge in [0.25, 0.3) is 0 Å². The fourth-order valence-corrected chi connectivity index (χ4v) is 2.09. The summed E-state index contributed by atoms with van der Waals surface area (Å²) < 4.78 is 0. The van der Waals surface area contributed by atoms with E-state index in [1.54, 1.807) is 11.3 Å². The minimum Gasteiger partial charge on any atom is -0.322 e. The fraction of sp³-hybridized carbons (Fsp3) is 0.556. The lowest BCUT2D eigenvalue weighted by Crippen LogP contribution is -2.26. The average Bonchev–Trinajstić information content (AvgIpc) is 2.47. The summed E-state index contributed by atoms with van der Waals surface area (Å²) in [5, 5.41) is 5.34. The van der Waals surface area contributed by atoms with Gasteiger partial charge in [-0.3, -0.25) is 0 Å². The zero-order valence-electron chi connectivity index (χ0n) is 7.63. The van der Waals surface area contributed by atoms with Gasteiger partial charge in [-0.15, -0.1) is 11.3 Å². The first kappa shape index (κ1) is 9.71. The highest BCUT2D eigenvalue weighted by atomic mass is 32.1. The second-order valence-corrected chi connectivity index (χ2v) is 3.83. The molecule has 1 unspecified atom stereocenters. The summed E-state index contributed by atoms with van der Waals surface area (Å²) in [6.07, 6.45) is 0. The SMILES string of the molecule is CCNCC(N)c1sccc1C. The third-order valence-corrected chi connectivity index (χ3v) is 3.00. The van der Waals surface area contributed by atoms with Gasteiger partial charge in [0.05, 0.1) is 6.04 Å². The summed E-state index contributed by atoms with van der Waals surface area (Å²) >= 11 is 1.74. The Balaban J connectivity index is 2.52. The normalized spacial score (nSPS) is 13.2. The van der Waals surface area contributed by atoms with Crippen LogP contribution >= 0.6 is 11.3 Å². The molecule has 1 rings (SSSR count). The van der Waals surface area contributed by atoms with Gasteiger partial charge in [-0.25, -0.2) is 0 Å². The molecule has 1 aromatic heterocycles. The van der Waals surface area contributed by atoms with Crippen molar-refractivity contribution in [2.45, 2.75) is 19.9 Å². The summed E-state index contributed by atoms with van der Waals surface area (Å²) in [5.41, 5.74) is 7.28. The standard InChI is InChI=1S/C9H16N2S/c1-3-11-6-8(10)9-7(2)4-5-12-9/h4-5,8,11H,3,6,10H2,1-2H3. The van der Waals surface area contributed by atoms with Crippen LogP contribution < -0.4 is 11.1 Å². The van der Waals surface area contributed by atoms with E-state index < -0.39 is 0 Å². The number of hydrogen-bond acceptors (Lipinski definition) is 3. The molecule has 12 heavy (non-hydrogen) atoms. The van der Waals surface area contributed by atoms with Gasteiger partial charge >= 0.3 is 0 Å². The highest BCUT2D eigenvalue weighted by molar-refractivity contribution is 7.10. The second kappa shape index (κ2) is 4.60. The third kappa shape index (κ3) is 2.30. The molecule has 0 aliphatic rings. The Hall–Kier alpha value is -0.380. The number of rotatable bonds is 4. The Morgan fingerprint density at radius 2 is 2.42 bits per heavy atom. The summed E-state index contributed by atoms with van der Waals surface area (Å²) in [6.45, 7) is 6.06. The van der Waals surface area contributed by atoms with Crippen LogP contribution in [0.15, 0.2) is 11.4 Å². The van der Waals surface area contributed by atoms with Crippen molar-refractivity contribution in [3.63, 3.8) is 0 Å². The lowest BCUT2D eigenvalue weighted by atomic mass is 10.2. The van der Waals surface area contributed by atoms with Crippen LogP contribution in [0.1, 0.15) is 23.4 Å². The molecule has 1 heterocycles. The molecule has 68 valence electrons. The van der Waals surface area contributed by atoms with E-state index >= 15 is 0 Å². The molecule has 0 aliphatic heterocycles. The van der Waals surface area contributed by atoms with Gasteiger partial charge in [0.1, 0.15) is 0 Å². The Bertz CT molecular complexity index is 232. The zero-order valence-corrected chi connectivity index (χ0v) is 8.45. The first-order valence-electron chi connectivity index (χ1n) is 4.26. The lowest BCUT2D eigenvalue weighted by Gasteiger charge is -2.10. The molecule has 1 atom stereocenters. The van der Waals surface area contributed by atoms with Gasteiger partial charge in [0.15, 0.2) is 0 Å². The van der Waals surface area contributed by atoms with Crippen LogP contribution in [0.4, 0.5) is 0 Å². The van der Waals surface area contributed by atoms with Gasteiger partial charge in [-0.1, -0.05) is 6.92 Å². The van der Waals surface area contributed by atoms with E-state index in [1.165, 1.54) is 10.4 Å². The molecular weight excluding hydrogens is 168 g/mol. The molecule has 0 amide bonds. The Labute approximate surface area is 77.8 Å². The van der Waals surface area contributed by atoms with Gasteiger partial charge in [-0.2, -0.15) is 0 Å². The van der Waals surface area contributed by atoms with Gasteiger partial charge < -0.3 is 11.1 Å². The smallest absolute Gasteiger partial charge is 0.0519 e. The minimum atomic E-state index is 0.157. The van der Waals surface area contributed by atoms with Crippen LogP contribution in [0, 0.1) is 6.92 Å². The Morgan fingerprint density at radius 1 is 1.67 bits per heavy atom. The summed E-state index contributed by atoms with van der Waals surface area (Å²) in [5.74, 6) is 0. The predicted octanol–water partition coefficient (Wildman–Crippen LogP) is 1.67. The van der Waals surface area contributed by atoms with E-state index in [9.17, 15) is 0 Å². The van der Waals surface area contributed by atoms with Gasteiger partial charge in [0.2, 0.25) is 0 Å². The van der Waals surface area contributed by atoms with Gasteiger partial charge in [-0.05, 0) is 30.5 Å². The highest BCUT2D eigenvalue weighted by Crippen LogP contribution is 2.21. The predicted molar refractivity (Wildman–Crippen MR) is 54.5 cm³/mol. The van der Waals surface area contributed by atoms with Crippen molar-refractivity contribution in [3.05, 3.63) is 21.9 Å². The quantitative estimate of drug-likeness (QED) is 0.747. The molecule has 0 aliphatic carbocycles. The molecule has 0 saturated heterocycles. The third-order valence-electron chi connectivity index (χ3n) is 1.85. The molecule has 1 aromatic rings. The van der Waals surface area contributed by atoms with Crippen molar-refractivity contribution in [3.8, 4) is 0 Å². The second-order valence-electron chi connectivity index (χ2n) is 2.88. The van der Waals surface area contributed by atoms with E-state index in [0.717, 1.165) is 13.1 Å². The number of hydrogen-bond donors (Lipinski definition) is 2. The monoisotopic (exact) mass is 184 g/mol. The Kier molecular flexibility index (Phi) is 3.72. The van der Waals surface area contributed by atoms with Crippen molar-refractivity contribution in [2.75, 3.05) is 13.1 Å². The van der Waals surface area contributed by atoms with Crippen LogP contribution in [0.25, 0.3) is 0 Å². The first-order chi connectivity index (χ1) is 5.75. The lowest BCUT2D eigenvalue weighted by molar-refractivity contribution is 0.621. The maximum Gasteiger partial charge on any atom is 0.0519 e. The van der Waals surface area contributed by atoms with Crippen molar-refractivity contribution >= 4 is 11.3 Å². The van der Waals surface area contributed by atoms with E-state index in [4.69, 9.17) is 5.73 Å². The molecule has 0 spiro atoms. The van der Waals surface area contributed by atoms with Crippen LogP contribution in [-0.2, 0) is 0 Å². The average molecular weight is 184 g/mol. The highest BCUT2D eigenvalue weighted by Gasteiger charge is 2.08. The molecule has 0 saturated carbocycles. The van der Waals surface area contributed by atoms with Crippen molar-refractivity contribution in [1.82, 2.24) is 5.32 Å².